The van der Waals surface area contributed by atoms with Crippen molar-refractivity contribution in [2.75, 3.05) is 11.5 Å². The molecule has 0 unspecified atom stereocenters. The Morgan fingerprint density at radius 1 is 0.524 bits per heavy atom. The summed E-state index contributed by atoms with van der Waals surface area (Å²) in [4.78, 5) is 0. The minimum atomic E-state index is -0.0369. The molecule has 0 atom stereocenters. The summed E-state index contributed by atoms with van der Waals surface area (Å²) in [5, 5.41) is 23.4. The van der Waals surface area contributed by atoms with Gasteiger partial charge in [0, 0.05) is 34.4 Å². The largest absolute Gasteiger partial charge is 0.506 e. The van der Waals surface area contributed by atoms with E-state index in [-0.39, 0.29) is 22.9 Å². The zero-order chi connectivity index (χ0) is 29.4. The van der Waals surface area contributed by atoms with Gasteiger partial charge in [-0.1, -0.05) is 36.1 Å². The number of fused-ring (bicyclic) bond motifs is 2. The first-order valence-corrected chi connectivity index (χ1v) is 12.9. The molecule has 202 valence electrons. The Balaban J connectivity index is 1.67. The molecular formula is C36H24N2O4. The second-order valence-electron chi connectivity index (χ2n) is 9.68. The van der Waals surface area contributed by atoms with E-state index in [0.29, 0.717) is 23.0 Å². The highest BCUT2D eigenvalue weighted by Crippen LogP contribution is 2.48. The minimum absolute atomic E-state index is 0.0369. The van der Waals surface area contributed by atoms with Gasteiger partial charge in [0.05, 0.1) is 11.4 Å². The molecule has 0 bridgehead atoms. The van der Waals surface area contributed by atoms with Crippen LogP contribution in [0.5, 0.6) is 34.5 Å². The summed E-state index contributed by atoms with van der Waals surface area (Å²) in [5.74, 6) is 7.23. The van der Waals surface area contributed by atoms with Crippen molar-refractivity contribution in [2.45, 2.75) is 0 Å². The van der Waals surface area contributed by atoms with Crippen LogP contribution in [0.4, 0.5) is 11.4 Å². The Morgan fingerprint density at radius 2 is 0.952 bits per heavy atom. The van der Waals surface area contributed by atoms with Crippen molar-refractivity contribution in [3.05, 3.63) is 108 Å². The van der Waals surface area contributed by atoms with Crippen molar-refractivity contribution >= 4 is 32.9 Å². The minimum Gasteiger partial charge on any atom is -0.506 e. The molecule has 0 amide bonds. The summed E-state index contributed by atoms with van der Waals surface area (Å²) in [7, 11) is 0. The molecule has 0 fully saturated rings. The van der Waals surface area contributed by atoms with Crippen molar-refractivity contribution in [3.8, 4) is 70.3 Å². The number of nitrogen functional groups attached to an aromatic ring is 2. The van der Waals surface area contributed by atoms with Gasteiger partial charge in [0.1, 0.15) is 34.5 Å². The number of phenols is 2. The van der Waals surface area contributed by atoms with E-state index in [1.807, 2.05) is 60.7 Å². The summed E-state index contributed by atoms with van der Waals surface area (Å²) in [6.07, 6.45) is 11.4. The van der Waals surface area contributed by atoms with E-state index in [1.165, 1.54) is 12.1 Å². The first-order valence-electron chi connectivity index (χ1n) is 12.9. The normalized spacial score (nSPS) is 10.7. The van der Waals surface area contributed by atoms with Gasteiger partial charge in [-0.15, -0.1) is 12.8 Å². The van der Waals surface area contributed by atoms with Gasteiger partial charge in [-0.25, -0.2) is 0 Å². The molecule has 0 saturated heterocycles. The standard InChI is InChI=1S/C36H24N2O4/c1-3-21-5-11-27-23(17-21)7-15-33(41-25-9-13-31(39)29(37)19-25)35(27)36-28-12-6-22(4-2)18-24(28)8-16-34(36)42-26-10-14-32(40)30(38)20-26/h1-2,5-20,39-40H,37-38H2. The van der Waals surface area contributed by atoms with Crippen molar-refractivity contribution in [1.29, 1.82) is 0 Å². The molecule has 6 N–H and O–H groups in total. The maximum absolute atomic E-state index is 9.96. The second kappa shape index (κ2) is 10.4. The topological polar surface area (TPSA) is 111 Å². The number of benzene rings is 6. The lowest BCUT2D eigenvalue weighted by molar-refractivity contribution is 0.465. The fraction of sp³-hybridized carbons (Fsp3) is 0. The molecule has 0 heterocycles. The highest BCUT2D eigenvalue weighted by atomic mass is 16.5. The van der Waals surface area contributed by atoms with E-state index in [9.17, 15) is 10.2 Å². The molecule has 6 nitrogen and oxygen atoms in total. The van der Waals surface area contributed by atoms with Gasteiger partial charge < -0.3 is 31.2 Å². The predicted molar refractivity (Wildman–Crippen MR) is 168 cm³/mol. The molecule has 6 aromatic rings. The van der Waals surface area contributed by atoms with E-state index in [4.69, 9.17) is 33.8 Å². The highest BCUT2D eigenvalue weighted by molar-refractivity contribution is 6.10. The quantitative estimate of drug-likeness (QED) is 0.0994. The average Bonchev–Trinajstić information content (AvgIpc) is 3.00. The second-order valence-corrected chi connectivity index (χ2v) is 9.68. The molecule has 6 aromatic carbocycles. The number of hydrogen-bond acceptors (Lipinski definition) is 6. The average molecular weight is 549 g/mol. The molecule has 0 aliphatic rings. The van der Waals surface area contributed by atoms with Crippen LogP contribution in [0.2, 0.25) is 0 Å². The maximum Gasteiger partial charge on any atom is 0.138 e. The Labute approximate surface area is 242 Å². The number of phenolic OH excluding ortho intramolecular Hbond substituents is 2. The number of aromatic hydroxyl groups is 2. The lowest BCUT2D eigenvalue weighted by Crippen LogP contribution is -1.96. The maximum atomic E-state index is 9.96. The van der Waals surface area contributed by atoms with Crippen LogP contribution in [0.1, 0.15) is 11.1 Å². The van der Waals surface area contributed by atoms with Gasteiger partial charge in [-0.2, -0.15) is 0 Å². The number of anilines is 2. The van der Waals surface area contributed by atoms with Crippen LogP contribution in [0.25, 0.3) is 32.7 Å². The third kappa shape index (κ3) is 4.70. The lowest BCUT2D eigenvalue weighted by atomic mass is 9.91. The monoisotopic (exact) mass is 548 g/mol. The SMILES string of the molecule is C#Cc1ccc2c(-c3c(Oc4ccc(O)c(N)c4)ccc4cc(C#C)ccc34)c(Oc3ccc(O)c(N)c3)ccc2c1. The van der Waals surface area contributed by atoms with E-state index >= 15 is 0 Å². The van der Waals surface area contributed by atoms with Crippen LogP contribution >= 0.6 is 0 Å². The zero-order valence-electron chi connectivity index (χ0n) is 22.3. The summed E-state index contributed by atoms with van der Waals surface area (Å²) in [6.45, 7) is 0. The van der Waals surface area contributed by atoms with E-state index in [0.717, 1.165) is 43.8 Å². The van der Waals surface area contributed by atoms with Gasteiger partial charge in [-0.05, 0) is 82.2 Å². The zero-order valence-corrected chi connectivity index (χ0v) is 22.3. The molecule has 6 rings (SSSR count). The Kier molecular flexibility index (Phi) is 6.43. The van der Waals surface area contributed by atoms with Crippen LogP contribution in [-0.4, -0.2) is 10.2 Å². The number of terminal acetylenes is 2. The van der Waals surface area contributed by atoms with Gasteiger partial charge in [0.15, 0.2) is 0 Å². The molecule has 0 aliphatic carbocycles. The van der Waals surface area contributed by atoms with Gasteiger partial charge in [-0.3, -0.25) is 0 Å². The number of rotatable bonds is 5. The first kappa shape index (κ1) is 26.0. The Morgan fingerprint density at radius 3 is 1.33 bits per heavy atom. The van der Waals surface area contributed by atoms with Crippen LogP contribution in [0.3, 0.4) is 0 Å². The van der Waals surface area contributed by atoms with Crippen molar-refractivity contribution in [2.24, 2.45) is 0 Å². The van der Waals surface area contributed by atoms with Gasteiger partial charge in [0.2, 0.25) is 0 Å². The summed E-state index contributed by atoms with van der Waals surface area (Å²) in [5.41, 5.74) is 15.3. The van der Waals surface area contributed by atoms with E-state index in [2.05, 4.69) is 11.8 Å². The molecule has 0 aromatic heterocycles. The third-order valence-corrected chi connectivity index (χ3v) is 7.00. The van der Waals surface area contributed by atoms with Crippen molar-refractivity contribution < 1.29 is 19.7 Å². The molecular weight excluding hydrogens is 524 g/mol. The van der Waals surface area contributed by atoms with E-state index in [1.54, 1.807) is 24.3 Å². The lowest BCUT2D eigenvalue weighted by Gasteiger charge is -2.20. The van der Waals surface area contributed by atoms with Gasteiger partial charge in [0.25, 0.3) is 0 Å². The molecule has 6 heteroatoms. The number of hydrogen-bond donors (Lipinski definition) is 4. The Bertz CT molecular complexity index is 1970. The highest BCUT2D eigenvalue weighted by Gasteiger charge is 2.21. The summed E-state index contributed by atoms with van der Waals surface area (Å²) >= 11 is 0. The molecule has 0 saturated carbocycles. The smallest absolute Gasteiger partial charge is 0.138 e. The molecule has 0 spiro atoms. The number of ether oxygens (including phenoxy) is 2. The van der Waals surface area contributed by atoms with Crippen molar-refractivity contribution in [1.82, 2.24) is 0 Å². The van der Waals surface area contributed by atoms with Crippen LogP contribution in [0.15, 0.2) is 97.1 Å². The van der Waals surface area contributed by atoms with E-state index < -0.39 is 0 Å². The fourth-order valence-electron chi connectivity index (χ4n) is 4.93. The summed E-state index contributed by atoms with van der Waals surface area (Å²) in [6, 6.07) is 28.5. The summed E-state index contributed by atoms with van der Waals surface area (Å²) < 4.78 is 12.9. The molecule has 0 aliphatic heterocycles. The predicted octanol–water partition coefficient (Wildman–Crippen LogP) is 7.78. The van der Waals surface area contributed by atoms with Gasteiger partial charge >= 0.3 is 0 Å². The molecule has 42 heavy (non-hydrogen) atoms. The van der Waals surface area contributed by atoms with Crippen LogP contribution < -0.4 is 20.9 Å². The number of nitrogens with two attached hydrogens (primary N) is 2. The van der Waals surface area contributed by atoms with Crippen LogP contribution in [-0.2, 0) is 0 Å². The fourth-order valence-corrected chi connectivity index (χ4v) is 4.93. The Hall–Kier alpha value is -6.24. The third-order valence-electron chi connectivity index (χ3n) is 7.00. The van der Waals surface area contributed by atoms with Crippen molar-refractivity contribution in [3.63, 3.8) is 0 Å². The molecule has 0 radical (unpaired) electrons. The van der Waals surface area contributed by atoms with Crippen LogP contribution in [0, 0.1) is 24.7 Å². The first-order chi connectivity index (χ1) is 20.3.